The van der Waals surface area contributed by atoms with Gasteiger partial charge in [-0.2, -0.15) is 0 Å². The number of likely N-dealkylation sites (tertiary alicyclic amines) is 1. The molecule has 0 spiro atoms. The SMILES string of the molecule is CN(CCC(N)=S)C(=O)CN1CC2CCC(O)C2C1. The molecule has 2 rings (SSSR count). The maximum atomic E-state index is 12.1. The third-order valence-electron chi connectivity index (χ3n) is 4.37. The van der Waals surface area contributed by atoms with Gasteiger partial charge in [0.1, 0.15) is 0 Å². The molecule has 2 aliphatic rings. The van der Waals surface area contributed by atoms with Crippen molar-refractivity contribution in [2.24, 2.45) is 17.6 Å². The number of aliphatic hydroxyl groups excluding tert-OH is 1. The van der Waals surface area contributed by atoms with Crippen LogP contribution < -0.4 is 5.73 Å². The number of thiocarbonyl (C=S) groups is 1. The number of hydrogen-bond donors (Lipinski definition) is 2. The highest BCUT2D eigenvalue weighted by molar-refractivity contribution is 7.80. The van der Waals surface area contributed by atoms with Gasteiger partial charge in [-0.25, -0.2) is 0 Å². The van der Waals surface area contributed by atoms with Crippen LogP contribution in [0.1, 0.15) is 19.3 Å². The first-order chi connectivity index (χ1) is 8.97. The van der Waals surface area contributed by atoms with Crippen molar-refractivity contribution in [1.29, 1.82) is 0 Å². The molecule has 19 heavy (non-hydrogen) atoms. The second kappa shape index (κ2) is 6.15. The number of carbonyl (C=O) groups is 1. The minimum atomic E-state index is -0.169. The maximum Gasteiger partial charge on any atom is 0.236 e. The number of amides is 1. The molecule has 1 aliphatic heterocycles. The average Bonchev–Trinajstić information content (AvgIpc) is 2.88. The van der Waals surface area contributed by atoms with Crippen molar-refractivity contribution < 1.29 is 9.90 Å². The summed E-state index contributed by atoms with van der Waals surface area (Å²) in [5.74, 6) is 1.05. The molecule has 0 aromatic rings. The molecule has 1 heterocycles. The lowest BCUT2D eigenvalue weighted by Gasteiger charge is -2.22. The van der Waals surface area contributed by atoms with Gasteiger partial charge in [0.25, 0.3) is 0 Å². The van der Waals surface area contributed by atoms with Crippen molar-refractivity contribution in [3.05, 3.63) is 0 Å². The molecular formula is C13H23N3O2S. The average molecular weight is 285 g/mol. The van der Waals surface area contributed by atoms with Crippen LogP contribution in [0, 0.1) is 11.8 Å². The molecule has 5 nitrogen and oxygen atoms in total. The summed E-state index contributed by atoms with van der Waals surface area (Å²) < 4.78 is 0. The molecule has 108 valence electrons. The molecule has 3 atom stereocenters. The minimum absolute atomic E-state index is 0.103. The van der Waals surface area contributed by atoms with Gasteiger partial charge in [0.15, 0.2) is 0 Å². The van der Waals surface area contributed by atoms with E-state index in [0.29, 0.717) is 36.3 Å². The molecule has 0 aromatic heterocycles. The van der Waals surface area contributed by atoms with Crippen molar-refractivity contribution in [2.75, 3.05) is 33.2 Å². The van der Waals surface area contributed by atoms with Crippen LogP contribution in [-0.4, -0.2) is 65.1 Å². The Kier molecular flexibility index (Phi) is 4.76. The summed E-state index contributed by atoms with van der Waals surface area (Å²) in [6.45, 7) is 2.81. The van der Waals surface area contributed by atoms with Crippen LogP contribution in [0.25, 0.3) is 0 Å². The molecule has 0 aromatic carbocycles. The van der Waals surface area contributed by atoms with E-state index in [1.54, 1.807) is 11.9 Å². The molecule has 0 radical (unpaired) electrons. The van der Waals surface area contributed by atoms with E-state index in [4.69, 9.17) is 18.0 Å². The topological polar surface area (TPSA) is 69.8 Å². The highest BCUT2D eigenvalue weighted by Gasteiger charge is 2.42. The number of aliphatic hydroxyl groups is 1. The monoisotopic (exact) mass is 285 g/mol. The Morgan fingerprint density at radius 1 is 1.47 bits per heavy atom. The molecule has 3 N–H and O–H groups in total. The van der Waals surface area contributed by atoms with Gasteiger partial charge in [-0.15, -0.1) is 0 Å². The summed E-state index contributed by atoms with van der Waals surface area (Å²) in [6.07, 6.45) is 2.41. The largest absolute Gasteiger partial charge is 0.393 e. The lowest BCUT2D eigenvalue weighted by Crippen LogP contribution is -2.39. The third-order valence-corrected chi connectivity index (χ3v) is 4.58. The fourth-order valence-electron chi connectivity index (χ4n) is 3.17. The highest BCUT2D eigenvalue weighted by atomic mass is 32.1. The predicted molar refractivity (Wildman–Crippen MR) is 77.7 cm³/mol. The predicted octanol–water partition coefficient (Wildman–Crippen LogP) is -0.176. The number of hydrogen-bond acceptors (Lipinski definition) is 4. The first-order valence-electron chi connectivity index (χ1n) is 6.90. The lowest BCUT2D eigenvalue weighted by molar-refractivity contribution is -0.130. The Hall–Kier alpha value is -0.720. The van der Waals surface area contributed by atoms with Gasteiger partial charge in [0.05, 0.1) is 17.6 Å². The van der Waals surface area contributed by atoms with Crippen molar-refractivity contribution in [1.82, 2.24) is 9.80 Å². The van der Waals surface area contributed by atoms with E-state index in [2.05, 4.69) is 4.90 Å². The van der Waals surface area contributed by atoms with Crippen molar-refractivity contribution in [3.63, 3.8) is 0 Å². The van der Waals surface area contributed by atoms with Crippen molar-refractivity contribution in [2.45, 2.75) is 25.4 Å². The Balaban J connectivity index is 1.76. The summed E-state index contributed by atoms with van der Waals surface area (Å²) in [4.78, 5) is 16.3. The molecule has 1 aliphatic carbocycles. The standard InChI is InChI=1S/C13H23N3O2S/c1-15(5-4-12(14)19)13(18)8-16-6-9-2-3-11(17)10(9)7-16/h9-11,17H,2-8H2,1H3,(H2,14,19). The summed E-state index contributed by atoms with van der Waals surface area (Å²) >= 11 is 4.81. The Morgan fingerprint density at radius 3 is 2.84 bits per heavy atom. The zero-order chi connectivity index (χ0) is 14.0. The van der Waals surface area contributed by atoms with E-state index in [1.165, 1.54) is 0 Å². The van der Waals surface area contributed by atoms with E-state index >= 15 is 0 Å². The van der Waals surface area contributed by atoms with Crippen LogP contribution in [0.3, 0.4) is 0 Å². The number of nitrogens with two attached hydrogens (primary N) is 1. The van der Waals surface area contributed by atoms with Gasteiger partial charge in [-0.3, -0.25) is 9.69 Å². The van der Waals surface area contributed by atoms with Crippen LogP contribution >= 0.6 is 12.2 Å². The zero-order valence-electron chi connectivity index (χ0n) is 11.4. The Morgan fingerprint density at radius 2 is 2.21 bits per heavy atom. The fourth-order valence-corrected chi connectivity index (χ4v) is 3.26. The lowest BCUT2D eigenvalue weighted by atomic mass is 10.00. The van der Waals surface area contributed by atoms with E-state index in [-0.39, 0.29) is 12.0 Å². The molecule has 1 amide bonds. The van der Waals surface area contributed by atoms with Crippen LogP contribution in [0.2, 0.25) is 0 Å². The molecule has 0 bridgehead atoms. The van der Waals surface area contributed by atoms with Gasteiger partial charge in [0, 0.05) is 39.0 Å². The van der Waals surface area contributed by atoms with E-state index in [9.17, 15) is 9.90 Å². The van der Waals surface area contributed by atoms with Gasteiger partial charge < -0.3 is 15.7 Å². The van der Waals surface area contributed by atoms with Gasteiger partial charge in [0.2, 0.25) is 5.91 Å². The van der Waals surface area contributed by atoms with Crippen LogP contribution in [0.15, 0.2) is 0 Å². The molecule has 1 saturated carbocycles. The number of nitrogens with zero attached hydrogens (tertiary/aromatic N) is 2. The smallest absolute Gasteiger partial charge is 0.236 e. The third kappa shape index (κ3) is 3.64. The van der Waals surface area contributed by atoms with Crippen LogP contribution in [0.4, 0.5) is 0 Å². The molecule has 6 heteroatoms. The summed E-state index contributed by atoms with van der Waals surface area (Å²) in [6, 6.07) is 0. The van der Waals surface area contributed by atoms with E-state index in [0.717, 1.165) is 25.9 Å². The van der Waals surface area contributed by atoms with Gasteiger partial charge in [-0.1, -0.05) is 12.2 Å². The number of fused-ring (bicyclic) bond motifs is 1. The minimum Gasteiger partial charge on any atom is -0.393 e. The molecule has 3 unspecified atom stereocenters. The molecule has 2 fully saturated rings. The normalized spacial score (nSPS) is 30.3. The first kappa shape index (κ1) is 14.7. The van der Waals surface area contributed by atoms with E-state index < -0.39 is 0 Å². The Bertz CT molecular complexity index is 364. The quantitative estimate of drug-likeness (QED) is 0.686. The number of rotatable bonds is 5. The first-order valence-corrected chi connectivity index (χ1v) is 7.31. The van der Waals surface area contributed by atoms with Crippen molar-refractivity contribution in [3.8, 4) is 0 Å². The maximum absolute atomic E-state index is 12.1. The summed E-state index contributed by atoms with van der Waals surface area (Å²) in [5.41, 5.74) is 5.44. The van der Waals surface area contributed by atoms with Crippen molar-refractivity contribution >= 4 is 23.1 Å². The number of carbonyl (C=O) groups excluding carboxylic acids is 1. The second-order valence-corrected chi connectivity index (χ2v) is 6.32. The highest BCUT2D eigenvalue weighted by Crippen LogP contribution is 2.37. The van der Waals surface area contributed by atoms with Crippen LogP contribution in [-0.2, 0) is 4.79 Å². The summed E-state index contributed by atoms with van der Waals surface area (Å²) in [5, 5.41) is 9.86. The second-order valence-electron chi connectivity index (χ2n) is 5.79. The van der Waals surface area contributed by atoms with Crippen LogP contribution in [0.5, 0.6) is 0 Å². The van der Waals surface area contributed by atoms with Gasteiger partial charge in [-0.05, 0) is 18.8 Å². The fraction of sp³-hybridized carbons (Fsp3) is 0.846. The number of likely N-dealkylation sites (N-methyl/N-ethyl adjacent to an activating group) is 1. The zero-order valence-corrected chi connectivity index (χ0v) is 12.2. The van der Waals surface area contributed by atoms with Gasteiger partial charge >= 0.3 is 0 Å². The Labute approximate surface area is 119 Å². The molecule has 1 saturated heterocycles. The van der Waals surface area contributed by atoms with E-state index in [1.807, 2.05) is 0 Å². The molecular weight excluding hydrogens is 262 g/mol. The summed E-state index contributed by atoms with van der Waals surface area (Å²) in [7, 11) is 1.78.